The Labute approximate surface area is 368 Å². The number of ether oxygens (including phenoxy) is 3. The van der Waals surface area contributed by atoms with Crippen LogP contribution >= 0.6 is 0 Å². The van der Waals surface area contributed by atoms with Gasteiger partial charge in [0.15, 0.2) is 6.10 Å². The second-order valence-corrected chi connectivity index (χ2v) is 17.0. The lowest BCUT2D eigenvalue weighted by Gasteiger charge is -2.34. The molecule has 0 fully saturated rings. The summed E-state index contributed by atoms with van der Waals surface area (Å²) >= 11 is 0. The van der Waals surface area contributed by atoms with Gasteiger partial charge in [0.05, 0.1) is 40.3 Å². The molecule has 0 saturated heterocycles. The summed E-state index contributed by atoms with van der Waals surface area (Å²) in [4.78, 5) is 36.9. The molecule has 0 rings (SSSR count). The largest absolute Gasteiger partial charge is 0.544 e. The molecule has 344 valence electrons. The number of unbranched alkanes of at least 4 members (excludes halogenated alkanes) is 16. The van der Waals surface area contributed by atoms with E-state index in [-0.39, 0.29) is 42.7 Å². The molecule has 0 aliphatic rings. The van der Waals surface area contributed by atoms with E-state index >= 15 is 0 Å². The van der Waals surface area contributed by atoms with Crippen molar-refractivity contribution in [2.24, 2.45) is 0 Å². The fraction of sp³-hybridized carbons (Fsp3) is 0.712. The summed E-state index contributed by atoms with van der Waals surface area (Å²) in [6.45, 7) is 4.57. The zero-order chi connectivity index (χ0) is 44.2. The van der Waals surface area contributed by atoms with Crippen LogP contribution in [0.5, 0.6) is 0 Å². The number of carboxylic acid groups (broad SMARTS) is 1. The van der Waals surface area contributed by atoms with Crippen LogP contribution < -0.4 is 5.11 Å². The maximum Gasteiger partial charge on any atom is 0.306 e. The Morgan fingerprint density at radius 3 is 1.38 bits per heavy atom. The number of allylic oxidation sites excluding steroid dienone is 12. The summed E-state index contributed by atoms with van der Waals surface area (Å²) in [6.07, 6.45) is 53.5. The van der Waals surface area contributed by atoms with Crippen LogP contribution in [0.4, 0.5) is 0 Å². The van der Waals surface area contributed by atoms with Crippen molar-refractivity contribution in [2.75, 3.05) is 41.0 Å². The first-order chi connectivity index (χ1) is 29.1. The van der Waals surface area contributed by atoms with E-state index in [2.05, 4.69) is 86.8 Å². The normalized spacial score (nSPS) is 13.6. The number of likely N-dealkylation sites (N-methyl/N-ethyl adjacent to an activating group) is 1. The van der Waals surface area contributed by atoms with Gasteiger partial charge in [0, 0.05) is 19.3 Å². The van der Waals surface area contributed by atoms with E-state index in [1.807, 2.05) is 0 Å². The highest BCUT2D eigenvalue weighted by Crippen LogP contribution is 2.13. The van der Waals surface area contributed by atoms with Gasteiger partial charge < -0.3 is 28.6 Å². The Hall–Kier alpha value is -3.23. The zero-order valence-corrected chi connectivity index (χ0v) is 39.1. The van der Waals surface area contributed by atoms with Crippen LogP contribution in [-0.2, 0) is 28.6 Å². The highest BCUT2D eigenvalue weighted by molar-refractivity contribution is 5.70. The lowest BCUT2D eigenvalue weighted by Crippen LogP contribution is -2.55. The predicted octanol–water partition coefficient (Wildman–Crippen LogP) is 12.2. The van der Waals surface area contributed by atoms with Gasteiger partial charge in [-0.1, -0.05) is 151 Å². The molecule has 0 radical (unpaired) electrons. The molecule has 0 spiro atoms. The van der Waals surface area contributed by atoms with Gasteiger partial charge in [-0.15, -0.1) is 0 Å². The number of carbonyl (C=O) groups excluding carboxylic acids is 3. The van der Waals surface area contributed by atoms with E-state index in [0.29, 0.717) is 19.3 Å². The highest BCUT2D eigenvalue weighted by Gasteiger charge is 2.25. The summed E-state index contributed by atoms with van der Waals surface area (Å²) < 4.78 is 17.2. The van der Waals surface area contributed by atoms with E-state index in [4.69, 9.17) is 14.2 Å². The molecule has 8 nitrogen and oxygen atoms in total. The Kier molecular flexibility index (Phi) is 40.2. The number of carbonyl (C=O) groups is 3. The lowest BCUT2D eigenvalue weighted by atomic mass is 10.1. The van der Waals surface area contributed by atoms with Gasteiger partial charge in [0.25, 0.3) is 0 Å². The average molecular weight is 840 g/mol. The fourth-order valence-electron chi connectivity index (χ4n) is 6.55. The molecule has 0 N–H and O–H groups in total. The summed E-state index contributed by atoms with van der Waals surface area (Å²) in [7, 11) is 5.39. The summed E-state index contributed by atoms with van der Waals surface area (Å²) in [5.74, 6) is -1.80. The molecule has 0 aromatic rings. The van der Waals surface area contributed by atoms with Crippen LogP contribution in [0.3, 0.4) is 0 Å². The Balaban J connectivity index is 4.39. The van der Waals surface area contributed by atoms with Gasteiger partial charge in [-0.2, -0.15) is 0 Å². The molecular formula is C52H89NO7. The van der Waals surface area contributed by atoms with Crippen molar-refractivity contribution in [3.05, 3.63) is 72.9 Å². The zero-order valence-electron chi connectivity index (χ0n) is 39.1. The van der Waals surface area contributed by atoms with Crippen LogP contribution in [0.1, 0.15) is 187 Å². The number of esters is 2. The van der Waals surface area contributed by atoms with Gasteiger partial charge in [-0.25, -0.2) is 0 Å². The molecule has 0 aromatic carbocycles. The van der Waals surface area contributed by atoms with Crippen molar-refractivity contribution in [2.45, 2.75) is 199 Å². The second-order valence-electron chi connectivity index (χ2n) is 17.0. The van der Waals surface area contributed by atoms with Crippen LogP contribution in [-0.4, -0.2) is 75.5 Å². The van der Waals surface area contributed by atoms with Crippen molar-refractivity contribution in [1.29, 1.82) is 0 Å². The number of carboxylic acids is 1. The molecule has 2 unspecified atom stereocenters. The van der Waals surface area contributed by atoms with Gasteiger partial charge in [0.2, 0.25) is 0 Å². The minimum atomic E-state index is -1.13. The van der Waals surface area contributed by atoms with E-state index in [1.54, 1.807) is 21.1 Å². The summed E-state index contributed by atoms with van der Waals surface area (Å²) in [5.41, 5.74) is 0. The number of quaternary nitrogens is 1. The minimum Gasteiger partial charge on any atom is -0.544 e. The molecule has 0 aliphatic carbocycles. The van der Waals surface area contributed by atoms with Crippen molar-refractivity contribution in [1.82, 2.24) is 0 Å². The quantitative estimate of drug-likeness (QED) is 0.0261. The van der Waals surface area contributed by atoms with Gasteiger partial charge in [-0.05, 0) is 89.9 Å². The number of hydrogen-bond acceptors (Lipinski definition) is 7. The van der Waals surface area contributed by atoms with Crippen LogP contribution in [0, 0.1) is 0 Å². The van der Waals surface area contributed by atoms with Crippen molar-refractivity contribution in [3.63, 3.8) is 0 Å². The monoisotopic (exact) mass is 840 g/mol. The third-order valence-corrected chi connectivity index (χ3v) is 10.3. The molecule has 0 bridgehead atoms. The van der Waals surface area contributed by atoms with E-state index in [9.17, 15) is 19.5 Å². The third-order valence-electron chi connectivity index (χ3n) is 10.3. The van der Waals surface area contributed by atoms with E-state index in [0.717, 1.165) is 57.8 Å². The van der Waals surface area contributed by atoms with Gasteiger partial charge in [0.1, 0.15) is 12.6 Å². The molecule has 0 aliphatic heterocycles. The molecule has 0 amide bonds. The third kappa shape index (κ3) is 40.2. The number of aliphatic carboxylic acids is 1. The van der Waals surface area contributed by atoms with Crippen LogP contribution in [0.15, 0.2) is 72.9 Å². The average Bonchev–Trinajstić information content (AvgIpc) is 3.21. The lowest BCUT2D eigenvalue weighted by molar-refractivity contribution is -0.889. The maximum absolute atomic E-state index is 12.7. The predicted molar refractivity (Wildman–Crippen MR) is 249 cm³/mol. The van der Waals surface area contributed by atoms with Crippen molar-refractivity contribution >= 4 is 17.9 Å². The first kappa shape index (κ1) is 56.8. The second kappa shape index (κ2) is 42.5. The number of rotatable bonds is 42. The molecule has 2 atom stereocenters. The smallest absolute Gasteiger partial charge is 0.306 e. The molecule has 0 aromatic heterocycles. The van der Waals surface area contributed by atoms with E-state index < -0.39 is 18.1 Å². The molecular weight excluding hydrogens is 751 g/mol. The van der Waals surface area contributed by atoms with Gasteiger partial charge in [-0.3, -0.25) is 9.59 Å². The maximum atomic E-state index is 12.7. The SMILES string of the molecule is CCCCC/C=C/C/C=C/C/C=C/C/C=C/C/C=C/CCCCC(=O)OCC(COCCC(C(=O)[O-])[N+](C)(C)C)OC(=O)CCCCCCCCC/C=C/CCCCCC. The standard InChI is InChI=1S/C52H89NO7/c1-6-8-10-12-14-16-18-20-22-23-24-25-26-27-29-30-32-34-36-38-40-42-50(54)59-47-48(46-58-45-44-49(52(56)57)53(3,4)5)60-51(55)43-41-39-37-35-33-31-28-21-19-17-15-13-11-9-7-2/h14,16-17,19-20,22,24-25,27,29,32,34,48-49H,6-13,15,18,21,23,26,28,30-31,33,35-47H2,1-5H3/b16-14+,19-17+,22-20+,25-24+,29-27+,34-32+. The highest BCUT2D eigenvalue weighted by atomic mass is 16.6. The minimum absolute atomic E-state index is 0.0220. The first-order valence-corrected chi connectivity index (χ1v) is 24.0. The van der Waals surface area contributed by atoms with Crippen LogP contribution in [0.2, 0.25) is 0 Å². The molecule has 0 saturated carbocycles. The van der Waals surface area contributed by atoms with Crippen LogP contribution in [0.25, 0.3) is 0 Å². The van der Waals surface area contributed by atoms with Crippen molar-refractivity contribution < 1.29 is 38.2 Å². The Bertz CT molecular complexity index is 1210. The Morgan fingerprint density at radius 1 is 0.500 bits per heavy atom. The van der Waals surface area contributed by atoms with Gasteiger partial charge >= 0.3 is 11.9 Å². The number of nitrogens with zero attached hydrogens (tertiary/aromatic N) is 1. The number of hydrogen-bond donors (Lipinski definition) is 0. The summed E-state index contributed by atoms with van der Waals surface area (Å²) in [6, 6.07) is -0.736. The van der Waals surface area contributed by atoms with E-state index in [1.165, 1.54) is 89.9 Å². The van der Waals surface area contributed by atoms with Crippen molar-refractivity contribution in [3.8, 4) is 0 Å². The molecule has 8 heteroatoms. The summed E-state index contributed by atoms with van der Waals surface area (Å²) in [5, 5.41) is 11.6. The topological polar surface area (TPSA) is 102 Å². The Morgan fingerprint density at radius 2 is 0.883 bits per heavy atom. The fourth-order valence-corrected chi connectivity index (χ4v) is 6.55. The first-order valence-electron chi connectivity index (χ1n) is 24.0. The molecule has 0 heterocycles. The molecule has 60 heavy (non-hydrogen) atoms.